The third-order valence-electron chi connectivity index (χ3n) is 3.64. The first-order chi connectivity index (χ1) is 12.4. The molecule has 0 radical (unpaired) electrons. The average Bonchev–Trinajstić information content (AvgIpc) is 2.62. The molecular formula is C19H17ClN2O4. The number of ether oxygens (including phenoxy) is 1. The highest BCUT2D eigenvalue weighted by molar-refractivity contribution is 6.30. The molecule has 26 heavy (non-hydrogen) atoms. The molecule has 2 aromatic carbocycles. The lowest BCUT2D eigenvalue weighted by atomic mass is 10.1. The van der Waals surface area contributed by atoms with Gasteiger partial charge in [0, 0.05) is 17.3 Å². The molecule has 0 bridgehead atoms. The smallest absolute Gasteiger partial charge is 0.338 e. The summed E-state index contributed by atoms with van der Waals surface area (Å²) < 4.78 is 5.04. The lowest BCUT2D eigenvalue weighted by Gasteiger charge is -2.21. The lowest BCUT2D eigenvalue weighted by Crippen LogP contribution is -2.35. The number of phenols is 1. The zero-order valence-corrected chi connectivity index (χ0v) is 14.9. The first-order valence-corrected chi connectivity index (χ1v) is 8.20. The summed E-state index contributed by atoms with van der Waals surface area (Å²) in [5.74, 6) is -1.23. The summed E-state index contributed by atoms with van der Waals surface area (Å²) in [4.78, 5) is 25.9. The van der Waals surface area contributed by atoms with Crippen LogP contribution in [-0.4, -0.2) is 30.1 Å². The van der Waals surface area contributed by atoms with Gasteiger partial charge < -0.3 is 14.7 Å². The number of amides is 1. The van der Waals surface area contributed by atoms with Crippen LogP contribution >= 0.6 is 11.6 Å². The number of nitrogens with zero attached hydrogens (tertiary/aromatic N) is 2. The Morgan fingerprint density at radius 1 is 1.27 bits per heavy atom. The van der Waals surface area contributed by atoms with Gasteiger partial charge in [-0.25, -0.2) is 4.79 Å². The van der Waals surface area contributed by atoms with Crippen LogP contribution < -0.4 is 4.90 Å². The van der Waals surface area contributed by atoms with Gasteiger partial charge in [0.1, 0.15) is 5.75 Å². The molecule has 1 N–H and O–H groups in total. The van der Waals surface area contributed by atoms with Crippen LogP contribution in [-0.2, 0) is 9.53 Å². The van der Waals surface area contributed by atoms with E-state index in [1.165, 1.54) is 17.0 Å². The molecule has 0 aliphatic carbocycles. The molecule has 0 saturated carbocycles. The summed E-state index contributed by atoms with van der Waals surface area (Å²) in [6, 6.07) is 13.0. The number of rotatable bonds is 6. The highest BCUT2D eigenvalue weighted by Crippen LogP contribution is 2.21. The van der Waals surface area contributed by atoms with Gasteiger partial charge in [0.2, 0.25) is 0 Å². The average molecular weight is 373 g/mol. The fourth-order valence-electron chi connectivity index (χ4n) is 2.23. The molecule has 0 aliphatic heterocycles. The van der Waals surface area contributed by atoms with E-state index in [1.807, 2.05) is 6.07 Å². The topological polar surface area (TPSA) is 90.6 Å². The molecule has 2 rings (SSSR count). The molecule has 0 atom stereocenters. The Morgan fingerprint density at radius 2 is 2.04 bits per heavy atom. The first kappa shape index (κ1) is 19.3. The molecule has 0 saturated heterocycles. The van der Waals surface area contributed by atoms with Crippen molar-refractivity contribution in [1.29, 1.82) is 5.26 Å². The second-order valence-corrected chi connectivity index (χ2v) is 5.95. The van der Waals surface area contributed by atoms with Gasteiger partial charge >= 0.3 is 5.97 Å². The van der Waals surface area contributed by atoms with Gasteiger partial charge in [-0.3, -0.25) is 4.79 Å². The molecule has 1 amide bonds. The van der Waals surface area contributed by atoms with Crippen molar-refractivity contribution >= 4 is 29.2 Å². The summed E-state index contributed by atoms with van der Waals surface area (Å²) in [6.45, 7) is 1.36. The Balaban J connectivity index is 2.07. The van der Waals surface area contributed by atoms with Gasteiger partial charge in [-0.1, -0.05) is 23.7 Å². The van der Waals surface area contributed by atoms with E-state index in [0.717, 1.165) is 0 Å². The summed E-state index contributed by atoms with van der Waals surface area (Å²) in [7, 11) is 0. The number of carbonyl (C=O) groups is 2. The molecule has 0 spiro atoms. The number of phenolic OH excluding ortho intramolecular Hbond substituents is 1. The molecule has 0 aromatic heterocycles. The maximum atomic E-state index is 12.5. The van der Waals surface area contributed by atoms with Gasteiger partial charge in [-0.15, -0.1) is 0 Å². The second-order valence-electron chi connectivity index (χ2n) is 5.51. The number of nitriles is 1. The van der Waals surface area contributed by atoms with Crippen molar-refractivity contribution < 1.29 is 19.4 Å². The van der Waals surface area contributed by atoms with Crippen molar-refractivity contribution in [3.63, 3.8) is 0 Å². The number of esters is 1. The number of hydrogen-bond donors (Lipinski definition) is 1. The van der Waals surface area contributed by atoms with Gasteiger partial charge in [-0.2, -0.15) is 5.26 Å². The molecular weight excluding hydrogens is 356 g/mol. The van der Waals surface area contributed by atoms with E-state index in [4.69, 9.17) is 21.6 Å². The molecule has 7 heteroatoms. The maximum absolute atomic E-state index is 12.5. The number of anilines is 1. The monoisotopic (exact) mass is 372 g/mol. The minimum absolute atomic E-state index is 0.0275. The van der Waals surface area contributed by atoms with Crippen LogP contribution in [0.5, 0.6) is 5.75 Å². The fraction of sp³-hybridized carbons (Fsp3) is 0.211. The molecule has 0 aliphatic rings. The van der Waals surface area contributed by atoms with Crippen molar-refractivity contribution in [2.24, 2.45) is 0 Å². The van der Waals surface area contributed by atoms with Crippen LogP contribution in [0, 0.1) is 18.3 Å². The standard InChI is InChI=1S/C19H17ClN2O4/c1-13-6-7-14(10-17(13)23)19(25)26-12-18(24)22(9-3-8-21)16-5-2-4-15(20)11-16/h2,4-7,10-11,23H,3,9,12H2,1H3. The lowest BCUT2D eigenvalue weighted by molar-refractivity contribution is -0.121. The number of hydrogen-bond acceptors (Lipinski definition) is 5. The molecule has 2 aromatic rings. The third kappa shape index (κ3) is 4.98. The summed E-state index contributed by atoms with van der Waals surface area (Å²) in [6.07, 6.45) is 0.123. The van der Waals surface area contributed by atoms with Crippen LogP contribution in [0.15, 0.2) is 42.5 Å². The van der Waals surface area contributed by atoms with E-state index in [-0.39, 0.29) is 24.3 Å². The van der Waals surface area contributed by atoms with Crippen LogP contribution in [0.1, 0.15) is 22.3 Å². The molecule has 134 valence electrons. The predicted molar refractivity (Wildman–Crippen MR) is 97.2 cm³/mol. The van der Waals surface area contributed by atoms with Gasteiger partial charge in [-0.05, 0) is 42.8 Å². The maximum Gasteiger partial charge on any atom is 0.338 e. The van der Waals surface area contributed by atoms with Gasteiger partial charge in [0.25, 0.3) is 5.91 Å². The first-order valence-electron chi connectivity index (χ1n) is 7.82. The van der Waals surface area contributed by atoms with Crippen molar-refractivity contribution in [3.8, 4) is 11.8 Å². The summed E-state index contributed by atoms with van der Waals surface area (Å²) >= 11 is 5.95. The van der Waals surface area contributed by atoms with Crippen LogP contribution in [0.25, 0.3) is 0 Å². The Bertz CT molecular complexity index is 861. The van der Waals surface area contributed by atoms with Crippen LogP contribution in [0.4, 0.5) is 5.69 Å². The van der Waals surface area contributed by atoms with E-state index in [9.17, 15) is 14.7 Å². The van der Waals surface area contributed by atoms with E-state index in [1.54, 1.807) is 37.3 Å². The number of halogens is 1. The second kappa shape index (κ2) is 8.88. The molecule has 0 heterocycles. The minimum Gasteiger partial charge on any atom is -0.508 e. The minimum atomic E-state index is -0.722. The highest BCUT2D eigenvalue weighted by Gasteiger charge is 2.18. The zero-order valence-electron chi connectivity index (χ0n) is 14.1. The number of aromatic hydroxyl groups is 1. The molecule has 6 nitrogen and oxygen atoms in total. The van der Waals surface area contributed by atoms with E-state index in [2.05, 4.69) is 0 Å². The van der Waals surface area contributed by atoms with E-state index >= 15 is 0 Å². The Kier molecular flexibility index (Phi) is 6.59. The Labute approximate surface area is 156 Å². The van der Waals surface area contributed by atoms with Crippen molar-refractivity contribution in [1.82, 2.24) is 0 Å². The van der Waals surface area contributed by atoms with Gasteiger partial charge in [0.15, 0.2) is 6.61 Å². The summed E-state index contributed by atoms with van der Waals surface area (Å²) in [5, 5.41) is 18.9. The van der Waals surface area contributed by atoms with Crippen molar-refractivity contribution in [2.45, 2.75) is 13.3 Å². The number of aryl methyl sites for hydroxylation is 1. The quantitative estimate of drug-likeness (QED) is 0.784. The third-order valence-corrected chi connectivity index (χ3v) is 3.87. The van der Waals surface area contributed by atoms with E-state index in [0.29, 0.717) is 16.3 Å². The predicted octanol–water partition coefficient (Wildman–Crippen LogP) is 3.46. The largest absolute Gasteiger partial charge is 0.508 e. The SMILES string of the molecule is Cc1ccc(C(=O)OCC(=O)N(CCC#N)c2cccc(Cl)c2)cc1O. The van der Waals surface area contributed by atoms with Crippen molar-refractivity contribution in [2.75, 3.05) is 18.1 Å². The normalized spacial score (nSPS) is 10.0. The molecule has 0 fully saturated rings. The summed E-state index contributed by atoms with van der Waals surface area (Å²) in [5.41, 5.74) is 1.29. The van der Waals surface area contributed by atoms with Crippen molar-refractivity contribution in [3.05, 3.63) is 58.6 Å². The van der Waals surface area contributed by atoms with E-state index < -0.39 is 18.5 Å². The fourth-order valence-corrected chi connectivity index (χ4v) is 2.41. The van der Waals surface area contributed by atoms with Gasteiger partial charge in [0.05, 0.1) is 18.1 Å². The molecule has 0 unspecified atom stereocenters. The van der Waals surface area contributed by atoms with Crippen LogP contribution in [0.3, 0.4) is 0 Å². The Morgan fingerprint density at radius 3 is 2.69 bits per heavy atom. The zero-order chi connectivity index (χ0) is 19.1. The van der Waals surface area contributed by atoms with Crippen LogP contribution in [0.2, 0.25) is 5.02 Å². The Hall–Kier alpha value is -3.04. The highest BCUT2D eigenvalue weighted by atomic mass is 35.5. The number of carbonyl (C=O) groups excluding carboxylic acids is 2. The number of benzene rings is 2.